The number of halogens is 3. The van der Waals surface area contributed by atoms with Gasteiger partial charge in [-0.25, -0.2) is 4.79 Å². The number of hydrogen-bond donors (Lipinski definition) is 5. The quantitative estimate of drug-likeness (QED) is 0.191. The zero-order chi connectivity index (χ0) is 26.0. The first-order chi connectivity index (χ1) is 17.8. The highest BCUT2D eigenvalue weighted by atomic mass is 19.4. The lowest BCUT2D eigenvalue weighted by atomic mass is 10.1. The number of amides is 3. The molecule has 0 saturated heterocycles. The molecule has 0 aliphatic carbocycles. The number of aromatic amines is 1. The number of benzene rings is 3. The van der Waals surface area contributed by atoms with Crippen LogP contribution in [-0.2, 0) is 11.0 Å². The van der Waals surface area contributed by atoms with Gasteiger partial charge in [-0.15, -0.1) is 0 Å². The molecule has 0 bridgehead atoms. The molecule has 0 spiro atoms. The average molecular weight is 503 g/mol. The molecule has 10 heteroatoms. The van der Waals surface area contributed by atoms with Crippen molar-refractivity contribution in [2.45, 2.75) is 6.18 Å². The van der Waals surface area contributed by atoms with E-state index in [9.17, 15) is 22.8 Å². The number of anilines is 5. The van der Waals surface area contributed by atoms with Crippen LogP contribution in [0.15, 0.2) is 85.1 Å². The summed E-state index contributed by atoms with van der Waals surface area (Å²) in [6, 6.07) is 19.8. The van der Waals surface area contributed by atoms with Gasteiger partial charge in [0.25, 0.3) is 5.91 Å². The zero-order valence-corrected chi connectivity index (χ0v) is 19.1. The first-order valence-electron chi connectivity index (χ1n) is 11.2. The lowest BCUT2D eigenvalue weighted by Crippen LogP contribution is -2.21. The van der Waals surface area contributed by atoms with Crippen molar-refractivity contribution in [3.8, 4) is 0 Å². The minimum Gasteiger partial charge on any atom is -0.362 e. The van der Waals surface area contributed by atoms with Crippen LogP contribution in [0.25, 0.3) is 11.6 Å². The van der Waals surface area contributed by atoms with Crippen LogP contribution < -0.4 is 21.3 Å². The first-order valence-corrected chi connectivity index (χ1v) is 11.2. The van der Waals surface area contributed by atoms with Gasteiger partial charge in [0.05, 0.1) is 22.5 Å². The Kier molecular flexibility index (Phi) is 6.14. The van der Waals surface area contributed by atoms with Gasteiger partial charge >= 0.3 is 12.2 Å². The minimum atomic E-state index is -4.60. The molecule has 5 rings (SSSR count). The summed E-state index contributed by atoms with van der Waals surface area (Å²) in [7, 11) is 0. The molecule has 0 unspecified atom stereocenters. The highest BCUT2D eigenvalue weighted by Crippen LogP contribution is 2.36. The van der Waals surface area contributed by atoms with Crippen LogP contribution in [0.2, 0.25) is 0 Å². The second kappa shape index (κ2) is 9.57. The number of aromatic nitrogens is 1. The molecule has 3 aromatic carbocycles. The van der Waals surface area contributed by atoms with Crippen LogP contribution in [0.3, 0.4) is 0 Å². The molecule has 0 fully saturated rings. The van der Waals surface area contributed by atoms with E-state index in [-0.39, 0.29) is 11.6 Å². The van der Waals surface area contributed by atoms with E-state index in [1.54, 1.807) is 42.6 Å². The van der Waals surface area contributed by atoms with E-state index in [1.165, 1.54) is 18.2 Å². The number of alkyl halides is 3. The molecule has 1 aliphatic rings. The second-order valence-corrected chi connectivity index (χ2v) is 8.23. The van der Waals surface area contributed by atoms with Crippen molar-refractivity contribution in [1.29, 1.82) is 0 Å². The molecule has 1 aliphatic heterocycles. The lowest BCUT2D eigenvalue weighted by molar-refractivity contribution is -0.136. The van der Waals surface area contributed by atoms with Gasteiger partial charge in [-0.1, -0.05) is 24.3 Å². The average Bonchev–Trinajstić information content (AvgIpc) is 3.46. The predicted molar refractivity (Wildman–Crippen MR) is 138 cm³/mol. The molecule has 7 nitrogen and oxygen atoms in total. The molecule has 1 aromatic heterocycles. The van der Waals surface area contributed by atoms with Crippen molar-refractivity contribution < 1.29 is 22.8 Å². The summed E-state index contributed by atoms with van der Waals surface area (Å²) in [4.78, 5) is 27.9. The smallest absolute Gasteiger partial charge is 0.362 e. The molecule has 0 atom stereocenters. The minimum absolute atomic E-state index is 0.203. The van der Waals surface area contributed by atoms with E-state index in [4.69, 9.17) is 0 Å². The molecular weight excluding hydrogens is 483 g/mol. The van der Waals surface area contributed by atoms with E-state index < -0.39 is 17.8 Å². The number of rotatable bonds is 5. The van der Waals surface area contributed by atoms with Crippen LogP contribution in [-0.4, -0.2) is 16.9 Å². The number of H-pyrrole nitrogens is 1. The van der Waals surface area contributed by atoms with Gasteiger partial charge in [0.1, 0.15) is 0 Å². The highest BCUT2D eigenvalue weighted by molar-refractivity contribution is 6.35. The fourth-order valence-corrected chi connectivity index (χ4v) is 3.97. The van der Waals surface area contributed by atoms with Gasteiger partial charge in [0.2, 0.25) is 0 Å². The SMILES string of the molecule is O=C(Nc1cccc(Nc2ccc3c(c2)NC(=O)/C3=C\c2ccc[nH]2)c1)Nc1ccccc1C(F)(F)F. The molecule has 3 amide bonds. The Labute approximate surface area is 209 Å². The monoisotopic (exact) mass is 503 g/mol. The largest absolute Gasteiger partial charge is 0.418 e. The number of urea groups is 1. The Hall–Kier alpha value is -4.99. The third kappa shape index (κ3) is 5.32. The predicted octanol–water partition coefficient (Wildman–Crippen LogP) is 6.91. The number of nitrogens with one attached hydrogen (secondary N) is 5. The van der Waals surface area contributed by atoms with Gasteiger partial charge in [-0.05, 0) is 60.7 Å². The van der Waals surface area contributed by atoms with Gasteiger partial charge in [-0.2, -0.15) is 13.2 Å². The summed E-state index contributed by atoms with van der Waals surface area (Å²) in [5.74, 6) is -0.203. The first kappa shape index (κ1) is 23.7. The highest BCUT2D eigenvalue weighted by Gasteiger charge is 2.33. The van der Waals surface area contributed by atoms with Gasteiger partial charge < -0.3 is 26.3 Å². The molecule has 5 N–H and O–H groups in total. The summed E-state index contributed by atoms with van der Waals surface area (Å²) in [6.07, 6.45) is -1.04. The van der Waals surface area contributed by atoms with Gasteiger partial charge in [0, 0.05) is 34.5 Å². The number of carbonyl (C=O) groups is 2. The Morgan fingerprint density at radius 3 is 2.41 bits per heavy atom. The second-order valence-electron chi connectivity index (χ2n) is 8.23. The lowest BCUT2D eigenvalue weighted by Gasteiger charge is -2.14. The number of hydrogen-bond acceptors (Lipinski definition) is 3. The van der Waals surface area contributed by atoms with Crippen molar-refractivity contribution in [1.82, 2.24) is 4.98 Å². The Morgan fingerprint density at radius 2 is 1.62 bits per heavy atom. The fraction of sp³-hybridized carbons (Fsp3) is 0.0370. The third-order valence-electron chi connectivity index (χ3n) is 5.61. The summed E-state index contributed by atoms with van der Waals surface area (Å²) < 4.78 is 39.6. The van der Waals surface area contributed by atoms with Gasteiger partial charge in [0.15, 0.2) is 0 Å². The van der Waals surface area contributed by atoms with E-state index in [0.717, 1.165) is 17.3 Å². The molecule has 37 heavy (non-hydrogen) atoms. The Morgan fingerprint density at radius 1 is 0.838 bits per heavy atom. The maximum atomic E-state index is 13.2. The van der Waals surface area contributed by atoms with Gasteiger partial charge in [-0.3, -0.25) is 4.79 Å². The molecule has 2 heterocycles. The van der Waals surface area contributed by atoms with Crippen molar-refractivity contribution in [2.24, 2.45) is 0 Å². The van der Waals surface area contributed by atoms with E-state index in [1.807, 2.05) is 24.3 Å². The Balaban J connectivity index is 1.28. The molecule has 186 valence electrons. The zero-order valence-electron chi connectivity index (χ0n) is 19.1. The van der Waals surface area contributed by atoms with Crippen molar-refractivity contribution in [3.05, 3.63) is 102 Å². The van der Waals surface area contributed by atoms with Crippen LogP contribution in [0.4, 0.5) is 46.4 Å². The molecule has 0 saturated carbocycles. The number of carbonyl (C=O) groups excluding carboxylic acids is 2. The summed E-state index contributed by atoms with van der Waals surface area (Å²) in [6.45, 7) is 0. The number of fused-ring (bicyclic) bond motifs is 1. The van der Waals surface area contributed by atoms with Crippen LogP contribution in [0, 0.1) is 0 Å². The van der Waals surface area contributed by atoms with E-state index in [0.29, 0.717) is 28.3 Å². The van der Waals surface area contributed by atoms with E-state index in [2.05, 4.69) is 26.3 Å². The molecular formula is C27H20F3N5O2. The maximum absolute atomic E-state index is 13.2. The summed E-state index contributed by atoms with van der Waals surface area (Å²) >= 11 is 0. The van der Waals surface area contributed by atoms with Crippen LogP contribution in [0.5, 0.6) is 0 Å². The third-order valence-corrected chi connectivity index (χ3v) is 5.61. The summed E-state index contributed by atoms with van der Waals surface area (Å²) in [5.41, 5.74) is 3.21. The van der Waals surface area contributed by atoms with Crippen LogP contribution in [0.1, 0.15) is 16.8 Å². The fourth-order valence-electron chi connectivity index (χ4n) is 3.97. The normalized spacial score (nSPS) is 13.7. The van der Waals surface area contributed by atoms with Crippen molar-refractivity contribution in [3.63, 3.8) is 0 Å². The summed E-state index contributed by atoms with van der Waals surface area (Å²) in [5, 5.41) is 10.9. The number of para-hydroxylation sites is 1. The molecule has 4 aromatic rings. The van der Waals surface area contributed by atoms with Crippen LogP contribution >= 0.6 is 0 Å². The Bertz CT molecular complexity index is 1510. The maximum Gasteiger partial charge on any atom is 0.418 e. The van der Waals surface area contributed by atoms with Crippen molar-refractivity contribution >= 4 is 52.0 Å². The van der Waals surface area contributed by atoms with E-state index >= 15 is 0 Å². The van der Waals surface area contributed by atoms with Crippen molar-refractivity contribution in [2.75, 3.05) is 21.3 Å². The standard InChI is InChI=1S/C27H20F3N5O2/c28-27(29,30)22-8-1-2-9-23(22)35-26(37)33-18-6-3-5-17(13-18)32-19-10-11-20-21(14-16-7-4-12-31-16)25(36)34-24(20)15-19/h1-15,31-32H,(H,34,36)(H2,33,35,37)/b21-14-. The molecule has 0 radical (unpaired) electrons. The topological polar surface area (TPSA) is 98.1 Å².